The molecule has 4 aromatic heterocycles. The van der Waals surface area contributed by atoms with Crippen LogP contribution in [0.4, 0.5) is 26.3 Å². The predicted octanol–water partition coefficient (Wildman–Crippen LogP) is 9.06. The van der Waals surface area contributed by atoms with Crippen LogP contribution in [0, 0.1) is 13.8 Å². The van der Waals surface area contributed by atoms with Crippen LogP contribution in [0.25, 0.3) is 0 Å². The van der Waals surface area contributed by atoms with E-state index in [1.165, 1.54) is 45.9 Å². The van der Waals surface area contributed by atoms with Crippen molar-refractivity contribution in [2.24, 2.45) is 21.8 Å². The van der Waals surface area contributed by atoms with Gasteiger partial charge in [-0.1, -0.05) is 58.8 Å². The summed E-state index contributed by atoms with van der Waals surface area (Å²) in [4.78, 5) is 41.2. The first-order valence-electron chi connectivity index (χ1n) is 24.7. The lowest BCUT2D eigenvalue weighted by atomic mass is 9.91. The molecule has 6 aromatic rings. The van der Waals surface area contributed by atoms with Gasteiger partial charge in [0.15, 0.2) is 29.4 Å². The standard InChI is InChI=1S/C51H56F6N12O3S2/c1-29-19-45(50(52,53)54)62-68(29)25-41(66-15-11-31(12-16-66)48-60-39(27-73-48)37-21-43(71-64-37)35-9-5-3-7-33(35)23-58)47(70)42(26-69-30(2)20-46(63-69)51(55,56)57)67-17-13-32(14-18-67)49-61-40(28-74-49)38-22-44(72-65-38)36-10-6-4-8-34(36)24-59/h3-10,19-20,27-28,31-32,41-44H,11-18,21-26,58-59H2,1-2H3/t41?,42?,43-,44-/m1/s1. The van der Waals surface area contributed by atoms with Crippen molar-refractivity contribution in [2.75, 3.05) is 26.2 Å². The molecule has 0 spiro atoms. The number of ketones is 1. The maximum absolute atomic E-state index is 15.5. The summed E-state index contributed by atoms with van der Waals surface area (Å²) in [6.07, 6.45) is -6.56. The van der Waals surface area contributed by atoms with E-state index in [1.807, 2.05) is 69.1 Å². The number of Topliss-reactive ketones (excluding diaryl/α,β-unsaturated/α-hetero) is 1. The van der Waals surface area contributed by atoms with E-state index < -0.39 is 35.8 Å². The Bertz CT molecular complexity index is 2820. The number of carbonyl (C=O) groups excluding carboxylic acids is 1. The van der Waals surface area contributed by atoms with Crippen molar-refractivity contribution >= 4 is 39.9 Å². The number of alkyl halides is 6. The topological polar surface area (TPSA) is 180 Å². The van der Waals surface area contributed by atoms with Gasteiger partial charge in [0.25, 0.3) is 0 Å². The highest BCUT2D eigenvalue weighted by Gasteiger charge is 2.42. The highest BCUT2D eigenvalue weighted by atomic mass is 32.1. The van der Waals surface area contributed by atoms with Gasteiger partial charge in [0.1, 0.15) is 11.4 Å². The Balaban J connectivity index is 0.872. The van der Waals surface area contributed by atoms with Crippen molar-refractivity contribution in [2.45, 2.75) is 127 Å². The van der Waals surface area contributed by atoms with Crippen molar-refractivity contribution in [3.63, 3.8) is 0 Å². The van der Waals surface area contributed by atoms with E-state index in [-0.39, 0.29) is 54.3 Å². The number of piperidine rings is 2. The fourth-order valence-corrected chi connectivity index (χ4v) is 12.6. The number of aromatic nitrogens is 6. The van der Waals surface area contributed by atoms with Gasteiger partial charge in [0, 0.05) is 59.9 Å². The van der Waals surface area contributed by atoms with Crippen LogP contribution in [-0.4, -0.2) is 94.8 Å². The average Bonchev–Trinajstić information content (AvgIpc) is 4.27. The van der Waals surface area contributed by atoms with E-state index in [4.69, 9.17) is 31.1 Å². The van der Waals surface area contributed by atoms with Gasteiger partial charge in [-0.2, -0.15) is 36.5 Å². The summed E-state index contributed by atoms with van der Waals surface area (Å²) in [5, 5.41) is 22.4. The quantitative estimate of drug-likeness (QED) is 0.0884. The Hall–Kier alpha value is -5.85. The van der Waals surface area contributed by atoms with Crippen LogP contribution in [0.5, 0.6) is 0 Å². The number of oxime groups is 2. The summed E-state index contributed by atoms with van der Waals surface area (Å²) in [6.45, 7) is 4.98. The summed E-state index contributed by atoms with van der Waals surface area (Å²) in [6, 6.07) is 15.6. The molecule has 15 nitrogen and oxygen atoms in total. The Morgan fingerprint density at radius 1 is 0.649 bits per heavy atom. The zero-order chi connectivity index (χ0) is 51.9. The van der Waals surface area contributed by atoms with E-state index in [0.29, 0.717) is 77.8 Å². The van der Waals surface area contributed by atoms with E-state index in [1.54, 1.807) is 0 Å². The number of hydrogen-bond acceptors (Lipinski definition) is 15. The van der Waals surface area contributed by atoms with Gasteiger partial charge in [0.05, 0.1) is 46.6 Å². The number of benzene rings is 2. The van der Waals surface area contributed by atoms with Crippen LogP contribution in [-0.2, 0) is 53.0 Å². The molecule has 74 heavy (non-hydrogen) atoms. The first kappa shape index (κ1) is 51.6. The third kappa shape index (κ3) is 10.9. The summed E-state index contributed by atoms with van der Waals surface area (Å²) < 4.78 is 86.7. The summed E-state index contributed by atoms with van der Waals surface area (Å²) in [5.74, 6) is -0.286. The van der Waals surface area contributed by atoms with E-state index in [2.05, 4.69) is 20.5 Å². The smallest absolute Gasteiger partial charge is 0.387 e. The minimum absolute atomic E-state index is 0.0250. The molecule has 0 amide bonds. The Morgan fingerprint density at radius 2 is 1.04 bits per heavy atom. The molecule has 10 rings (SSSR count). The van der Waals surface area contributed by atoms with Crippen molar-refractivity contribution < 1.29 is 40.8 Å². The van der Waals surface area contributed by atoms with Gasteiger partial charge in [-0.3, -0.25) is 24.0 Å². The van der Waals surface area contributed by atoms with Crippen LogP contribution in [0.1, 0.15) is 129 Å². The summed E-state index contributed by atoms with van der Waals surface area (Å²) in [7, 11) is 0. The first-order valence-corrected chi connectivity index (χ1v) is 26.5. The SMILES string of the molecule is Cc1cc(C(F)(F)F)nn1CC(C(=O)C(Cn1nc(C(F)(F)F)cc1C)N1CCC(c2nc(C3=NO[C@@H](c4ccccc4CN)C3)cs2)CC1)N1CCC(c2nc(C3=NO[C@@H](c4ccccc4CN)C3)cs2)CC1. The number of nitrogens with two attached hydrogens (primary N) is 2. The van der Waals surface area contributed by atoms with Crippen LogP contribution >= 0.6 is 22.7 Å². The molecule has 2 aromatic carbocycles. The highest BCUT2D eigenvalue weighted by molar-refractivity contribution is 7.10. The van der Waals surface area contributed by atoms with Gasteiger partial charge in [-0.05, 0) is 100 Å². The second kappa shape index (κ2) is 21.4. The molecule has 2 saturated heterocycles. The molecule has 4 N–H and O–H groups in total. The maximum atomic E-state index is 15.5. The third-order valence-electron chi connectivity index (χ3n) is 14.7. The number of hydrogen-bond donors (Lipinski definition) is 2. The monoisotopic (exact) mass is 1060 g/mol. The molecule has 2 fully saturated rings. The normalized spacial score (nSPS) is 20.4. The number of nitrogens with zero attached hydrogens (tertiary/aromatic N) is 10. The molecule has 0 bridgehead atoms. The van der Waals surface area contributed by atoms with E-state index in [0.717, 1.165) is 67.2 Å². The summed E-state index contributed by atoms with van der Waals surface area (Å²) >= 11 is 3.04. The Kier molecular flexibility index (Phi) is 14.9. The zero-order valence-corrected chi connectivity index (χ0v) is 42.4. The average molecular weight is 1060 g/mol. The summed E-state index contributed by atoms with van der Waals surface area (Å²) in [5.41, 5.74) is 17.1. The van der Waals surface area contributed by atoms with Crippen molar-refractivity contribution in [3.8, 4) is 0 Å². The lowest BCUT2D eigenvalue weighted by Gasteiger charge is -2.41. The number of aryl methyl sites for hydroxylation is 2. The number of carbonyl (C=O) groups is 1. The lowest BCUT2D eigenvalue weighted by Crippen LogP contribution is -2.57. The molecule has 392 valence electrons. The van der Waals surface area contributed by atoms with Gasteiger partial charge < -0.3 is 21.1 Å². The van der Waals surface area contributed by atoms with Crippen molar-refractivity contribution in [1.82, 2.24) is 39.3 Å². The fourth-order valence-electron chi connectivity index (χ4n) is 10.6. The Morgan fingerprint density at radius 3 is 1.41 bits per heavy atom. The molecule has 4 atom stereocenters. The molecule has 4 aliphatic rings. The van der Waals surface area contributed by atoms with Gasteiger partial charge in [-0.25, -0.2) is 9.97 Å². The lowest BCUT2D eigenvalue weighted by molar-refractivity contribution is -0.142. The van der Waals surface area contributed by atoms with Crippen LogP contribution in [0.2, 0.25) is 0 Å². The van der Waals surface area contributed by atoms with Crippen molar-refractivity contribution in [3.05, 3.63) is 138 Å². The Labute approximate surface area is 431 Å². The predicted molar refractivity (Wildman–Crippen MR) is 266 cm³/mol. The molecule has 2 unspecified atom stereocenters. The molecule has 23 heteroatoms. The van der Waals surface area contributed by atoms with Gasteiger partial charge in [0.2, 0.25) is 0 Å². The first-order chi connectivity index (χ1) is 35.5. The molecule has 0 saturated carbocycles. The third-order valence-corrected chi connectivity index (χ3v) is 16.8. The second-order valence-electron chi connectivity index (χ2n) is 19.4. The largest absolute Gasteiger partial charge is 0.435 e. The van der Waals surface area contributed by atoms with Crippen molar-refractivity contribution in [1.29, 1.82) is 0 Å². The molecule has 0 radical (unpaired) electrons. The molecular formula is C51H56F6N12O3S2. The minimum Gasteiger partial charge on any atom is -0.387 e. The van der Waals surface area contributed by atoms with Crippen LogP contribution in [0.15, 0.2) is 81.7 Å². The maximum Gasteiger partial charge on any atom is 0.435 e. The molecule has 0 aliphatic carbocycles. The number of halogens is 6. The molecule has 4 aliphatic heterocycles. The highest BCUT2D eigenvalue weighted by Crippen LogP contribution is 2.39. The number of thiazole rings is 2. The minimum atomic E-state index is -4.72. The fraction of sp³-hybridized carbons (Fsp3) is 0.471. The van der Waals surface area contributed by atoms with E-state index in [9.17, 15) is 26.3 Å². The number of likely N-dealkylation sites (tertiary alicyclic amines) is 2. The van der Waals surface area contributed by atoms with Crippen LogP contribution < -0.4 is 11.5 Å². The van der Waals surface area contributed by atoms with Gasteiger partial charge >= 0.3 is 12.4 Å². The van der Waals surface area contributed by atoms with Crippen LogP contribution in [0.3, 0.4) is 0 Å². The number of rotatable bonds is 16. The van der Waals surface area contributed by atoms with Gasteiger partial charge in [-0.15, -0.1) is 22.7 Å². The molecule has 8 heterocycles. The van der Waals surface area contributed by atoms with E-state index >= 15 is 4.79 Å². The second-order valence-corrected chi connectivity index (χ2v) is 21.2. The molecular weight excluding hydrogens is 1010 g/mol. The zero-order valence-electron chi connectivity index (χ0n) is 40.7.